The molecule has 1 unspecified atom stereocenters. The van der Waals surface area contributed by atoms with Crippen LogP contribution in [0.15, 0.2) is 33.5 Å². The molecular formula is C14H18N2O4. The molecule has 1 amide bonds. The molecule has 0 saturated carbocycles. The molecule has 0 bridgehead atoms. The van der Waals surface area contributed by atoms with Crippen molar-refractivity contribution < 1.29 is 14.3 Å². The summed E-state index contributed by atoms with van der Waals surface area (Å²) in [4.78, 5) is 23.7. The zero-order valence-electron chi connectivity index (χ0n) is 11.3. The number of aliphatic hydroxyl groups excluding tert-OH is 1. The van der Waals surface area contributed by atoms with E-state index in [4.69, 9.17) is 9.52 Å². The number of carbonyl (C=O) groups excluding carboxylic acids is 1. The summed E-state index contributed by atoms with van der Waals surface area (Å²) in [6.07, 6.45) is 1.23. The summed E-state index contributed by atoms with van der Waals surface area (Å²) >= 11 is 0. The number of amides is 1. The van der Waals surface area contributed by atoms with Crippen LogP contribution in [0.4, 0.5) is 0 Å². The highest BCUT2D eigenvalue weighted by Crippen LogP contribution is 2.11. The van der Waals surface area contributed by atoms with Crippen LogP contribution in [0.5, 0.6) is 0 Å². The molecule has 2 rings (SSSR count). The van der Waals surface area contributed by atoms with Crippen molar-refractivity contribution in [2.75, 3.05) is 6.61 Å². The van der Waals surface area contributed by atoms with Gasteiger partial charge in [0, 0.05) is 12.6 Å². The highest BCUT2D eigenvalue weighted by atomic mass is 16.4. The lowest BCUT2D eigenvalue weighted by atomic mass is 10.1. The number of rotatable bonds is 6. The molecule has 20 heavy (non-hydrogen) atoms. The van der Waals surface area contributed by atoms with Crippen molar-refractivity contribution in [2.45, 2.75) is 32.4 Å². The van der Waals surface area contributed by atoms with Gasteiger partial charge in [-0.25, -0.2) is 4.79 Å². The van der Waals surface area contributed by atoms with Crippen LogP contribution in [-0.4, -0.2) is 28.2 Å². The van der Waals surface area contributed by atoms with E-state index < -0.39 is 5.76 Å². The van der Waals surface area contributed by atoms with Gasteiger partial charge in [-0.05, 0) is 25.0 Å². The molecule has 0 fully saturated rings. The molecule has 1 heterocycles. The summed E-state index contributed by atoms with van der Waals surface area (Å²) < 4.78 is 6.37. The van der Waals surface area contributed by atoms with Gasteiger partial charge in [0.25, 0.3) is 0 Å². The van der Waals surface area contributed by atoms with E-state index in [9.17, 15) is 9.59 Å². The van der Waals surface area contributed by atoms with E-state index in [-0.39, 0.29) is 25.1 Å². The number of para-hydroxylation sites is 2. The molecule has 0 radical (unpaired) electrons. The highest BCUT2D eigenvalue weighted by Gasteiger charge is 2.14. The summed E-state index contributed by atoms with van der Waals surface area (Å²) in [5.41, 5.74) is 1.07. The summed E-state index contributed by atoms with van der Waals surface area (Å²) in [5.74, 6) is -0.810. The van der Waals surface area contributed by atoms with Crippen molar-refractivity contribution in [1.82, 2.24) is 9.88 Å². The fourth-order valence-electron chi connectivity index (χ4n) is 2.11. The van der Waals surface area contributed by atoms with Gasteiger partial charge in [-0.3, -0.25) is 9.36 Å². The van der Waals surface area contributed by atoms with Crippen LogP contribution in [0, 0.1) is 0 Å². The summed E-state index contributed by atoms with van der Waals surface area (Å²) in [7, 11) is 0. The first-order valence-corrected chi connectivity index (χ1v) is 6.64. The van der Waals surface area contributed by atoms with E-state index >= 15 is 0 Å². The van der Waals surface area contributed by atoms with Gasteiger partial charge in [0.2, 0.25) is 5.91 Å². The van der Waals surface area contributed by atoms with E-state index in [0.717, 1.165) is 6.42 Å². The van der Waals surface area contributed by atoms with E-state index in [1.165, 1.54) is 4.57 Å². The smallest absolute Gasteiger partial charge is 0.408 e. The minimum Gasteiger partial charge on any atom is -0.408 e. The number of nitrogens with one attached hydrogen (secondary N) is 1. The first-order chi connectivity index (χ1) is 9.65. The van der Waals surface area contributed by atoms with E-state index in [2.05, 4.69) is 5.32 Å². The van der Waals surface area contributed by atoms with E-state index in [0.29, 0.717) is 17.5 Å². The van der Waals surface area contributed by atoms with Gasteiger partial charge in [-0.1, -0.05) is 19.1 Å². The van der Waals surface area contributed by atoms with Gasteiger partial charge >= 0.3 is 5.76 Å². The first-order valence-electron chi connectivity index (χ1n) is 6.64. The van der Waals surface area contributed by atoms with Crippen LogP contribution >= 0.6 is 0 Å². The SMILES string of the molecule is CCC(CCO)NC(=O)Cn1c(=O)oc2ccccc21. The third-order valence-corrected chi connectivity index (χ3v) is 3.21. The molecule has 0 spiro atoms. The Bertz CT molecular complexity index is 644. The van der Waals surface area contributed by atoms with Crippen molar-refractivity contribution in [3.05, 3.63) is 34.8 Å². The molecule has 0 aliphatic rings. The summed E-state index contributed by atoms with van der Waals surface area (Å²) in [6.45, 7) is 1.87. The van der Waals surface area contributed by atoms with Crippen LogP contribution < -0.4 is 11.1 Å². The maximum Gasteiger partial charge on any atom is 0.420 e. The van der Waals surface area contributed by atoms with Crippen LogP contribution in [0.25, 0.3) is 11.1 Å². The second-order valence-electron chi connectivity index (χ2n) is 4.61. The van der Waals surface area contributed by atoms with Gasteiger partial charge < -0.3 is 14.8 Å². The molecule has 108 valence electrons. The molecule has 2 N–H and O–H groups in total. The molecule has 1 atom stereocenters. The lowest BCUT2D eigenvalue weighted by Crippen LogP contribution is -2.38. The van der Waals surface area contributed by atoms with Gasteiger partial charge in [-0.2, -0.15) is 0 Å². The Balaban J connectivity index is 2.14. The Labute approximate surface area is 116 Å². The lowest BCUT2D eigenvalue weighted by molar-refractivity contribution is -0.122. The van der Waals surface area contributed by atoms with Gasteiger partial charge in [0.1, 0.15) is 6.54 Å². The van der Waals surface area contributed by atoms with Crippen LogP contribution in [-0.2, 0) is 11.3 Å². The number of aliphatic hydroxyl groups is 1. The predicted octanol–water partition coefficient (Wildman–Crippen LogP) is 0.872. The summed E-state index contributed by atoms with van der Waals surface area (Å²) in [6, 6.07) is 6.89. The molecule has 6 nitrogen and oxygen atoms in total. The molecule has 1 aromatic heterocycles. The third kappa shape index (κ3) is 3.08. The van der Waals surface area contributed by atoms with Crippen LogP contribution in [0.3, 0.4) is 0 Å². The molecule has 6 heteroatoms. The zero-order chi connectivity index (χ0) is 14.5. The Morgan fingerprint density at radius 2 is 2.20 bits per heavy atom. The Morgan fingerprint density at radius 1 is 1.45 bits per heavy atom. The number of hydrogen-bond acceptors (Lipinski definition) is 4. The largest absolute Gasteiger partial charge is 0.420 e. The second-order valence-corrected chi connectivity index (χ2v) is 4.61. The van der Waals surface area contributed by atoms with Crippen molar-refractivity contribution in [3.8, 4) is 0 Å². The van der Waals surface area contributed by atoms with Crippen molar-refractivity contribution >= 4 is 17.0 Å². The van der Waals surface area contributed by atoms with Crippen LogP contribution in [0.2, 0.25) is 0 Å². The average molecular weight is 278 g/mol. The van der Waals surface area contributed by atoms with Crippen molar-refractivity contribution in [3.63, 3.8) is 0 Å². The van der Waals surface area contributed by atoms with Crippen LogP contribution in [0.1, 0.15) is 19.8 Å². The summed E-state index contributed by atoms with van der Waals surface area (Å²) in [5, 5.41) is 11.7. The van der Waals surface area contributed by atoms with Gasteiger partial charge in [0.05, 0.1) is 5.52 Å². The molecular weight excluding hydrogens is 260 g/mol. The van der Waals surface area contributed by atoms with Gasteiger partial charge in [0.15, 0.2) is 5.58 Å². The van der Waals surface area contributed by atoms with E-state index in [1.807, 2.05) is 6.92 Å². The number of oxazole rings is 1. The number of carbonyl (C=O) groups is 1. The minimum atomic E-state index is -0.545. The Morgan fingerprint density at radius 3 is 2.90 bits per heavy atom. The highest BCUT2D eigenvalue weighted by molar-refractivity contribution is 5.79. The maximum absolute atomic E-state index is 12.0. The molecule has 0 aliphatic carbocycles. The van der Waals surface area contributed by atoms with E-state index in [1.54, 1.807) is 24.3 Å². The normalized spacial score (nSPS) is 12.5. The number of fused-ring (bicyclic) bond motifs is 1. The quantitative estimate of drug-likeness (QED) is 0.821. The maximum atomic E-state index is 12.0. The monoisotopic (exact) mass is 278 g/mol. The zero-order valence-corrected chi connectivity index (χ0v) is 11.3. The van der Waals surface area contributed by atoms with Crippen molar-refractivity contribution in [2.24, 2.45) is 0 Å². The van der Waals surface area contributed by atoms with Gasteiger partial charge in [-0.15, -0.1) is 0 Å². The Kier molecular flexibility index (Phi) is 4.57. The first kappa shape index (κ1) is 14.3. The Hall–Kier alpha value is -2.08. The fraction of sp³-hybridized carbons (Fsp3) is 0.429. The minimum absolute atomic E-state index is 0.0212. The molecule has 0 aliphatic heterocycles. The fourth-order valence-corrected chi connectivity index (χ4v) is 2.11. The average Bonchev–Trinajstić information content (AvgIpc) is 2.75. The molecule has 0 saturated heterocycles. The number of benzene rings is 1. The van der Waals surface area contributed by atoms with Crippen molar-refractivity contribution in [1.29, 1.82) is 0 Å². The number of hydrogen-bond donors (Lipinski definition) is 2. The second kappa shape index (κ2) is 6.38. The molecule has 1 aromatic carbocycles. The standard InChI is InChI=1S/C14H18N2O4/c1-2-10(7-8-17)15-13(18)9-16-11-5-3-4-6-12(11)20-14(16)19/h3-6,10,17H,2,7-9H2,1H3,(H,15,18). The number of nitrogens with zero attached hydrogens (tertiary/aromatic N) is 1. The predicted molar refractivity (Wildman–Crippen MR) is 74.4 cm³/mol. The topological polar surface area (TPSA) is 84.5 Å². The lowest BCUT2D eigenvalue weighted by Gasteiger charge is -2.15. The third-order valence-electron chi connectivity index (χ3n) is 3.21. The number of aromatic nitrogens is 1. The molecule has 2 aromatic rings.